The van der Waals surface area contributed by atoms with Gasteiger partial charge in [0.05, 0.1) is 6.54 Å². The lowest BCUT2D eigenvalue weighted by atomic mass is 10.0. The molecule has 0 radical (unpaired) electrons. The number of rotatable bonds is 4. The van der Waals surface area contributed by atoms with Crippen LogP contribution in [0.3, 0.4) is 0 Å². The van der Waals surface area contributed by atoms with Crippen LogP contribution in [-0.2, 0) is 11.4 Å². The molecule has 2 rings (SSSR count). The summed E-state index contributed by atoms with van der Waals surface area (Å²) in [5, 5.41) is 7.32. The summed E-state index contributed by atoms with van der Waals surface area (Å²) in [6.45, 7) is 0.512. The molecule has 2 aromatic carbocycles. The van der Waals surface area contributed by atoms with E-state index >= 15 is 0 Å². The van der Waals surface area contributed by atoms with Gasteiger partial charge in [-0.05, 0) is 17.2 Å². The van der Waals surface area contributed by atoms with E-state index in [1.807, 2.05) is 48.5 Å². The number of hydrogen-bond acceptors (Lipinski definition) is 4. The topological polar surface area (TPSA) is 60.0 Å². The Labute approximate surface area is 106 Å². The normalized spacial score (nSPS) is 10.7. The zero-order valence-corrected chi connectivity index (χ0v) is 10.2. The Balaban J connectivity index is 2.17. The molecule has 0 fully saturated rings. The summed E-state index contributed by atoms with van der Waals surface area (Å²) in [7, 11) is 1.48. The monoisotopic (exact) mass is 241 g/mol. The van der Waals surface area contributed by atoms with Crippen molar-refractivity contribution in [3.63, 3.8) is 0 Å². The van der Waals surface area contributed by atoms with Crippen LogP contribution in [-0.4, -0.2) is 7.11 Å². The first-order valence-electron chi connectivity index (χ1n) is 5.65. The molecule has 0 aliphatic heterocycles. The van der Waals surface area contributed by atoms with Crippen LogP contribution in [0.15, 0.2) is 58.9 Å². The lowest BCUT2D eigenvalue weighted by Crippen LogP contribution is -1.89. The van der Waals surface area contributed by atoms with Gasteiger partial charge in [0.25, 0.3) is 0 Å². The second-order valence-electron chi connectivity index (χ2n) is 3.85. The van der Waals surface area contributed by atoms with E-state index in [4.69, 9.17) is 5.73 Å². The van der Waals surface area contributed by atoms with Gasteiger partial charge in [0.15, 0.2) is 0 Å². The van der Waals surface area contributed by atoms with Gasteiger partial charge in [0.1, 0.15) is 7.11 Å². The van der Waals surface area contributed by atoms with Crippen molar-refractivity contribution in [2.75, 3.05) is 12.8 Å². The van der Waals surface area contributed by atoms with Crippen molar-refractivity contribution < 1.29 is 4.84 Å². The molecule has 0 saturated heterocycles. The third-order valence-corrected chi connectivity index (χ3v) is 2.62. The van der Waals surface area contributed by atoms with Gasteiger partial charge >= 0.3 is 0 Å². The van der Waals surface area contributed by atoms with Crippen molar-refractivity contribution in [2.24, 2.45) is 10.4 Å². The third kappa shape index (κ3) is 2.85. The van der Waals surface area contributed by atoms with E-state index in [1.165, 1.54) is 7.11 Å². The van der Waals surface area contributed by atoms with Crippen LogP contribution in [0.1, 0.15) is 5.56 Å². The van der Waals surface area contributed by atoms with Crippen LogP contribution in [0, 0.1) is 0 Å². The highest BCUT2D eigenvalue weighted by atomic mass is 16.6. The standard InChI is InChI=1S/C14H15N3O/c1-18-17-16-10-11-6-8-12(9-7-11)13-4-2-3-5-14(13)15/h2-9H,10,15H2,1H3. The maximum Gasteiger partial charge on any atom is 0.108 e. The van der Waals surface area contributed by atoms with E-state index < -0.39 is 0 Å². The minimum absolute atomic E-state index is 0.512. The summed E-state index contributed by atoms with van der Waals surface area (Å²) in [6, 6.07) is 15.9. The van der Waals surface area contributed by atoms with Crippen molar-refractivity contribution >= 4 is 5.69 Å². The van der Waals surface area contributed by atoms with E-state index in [9.17, 15) is 0 Å². The van der Waals surface area contributed by atoms with Gasteiger partial charge in [-0.15, -0.1) is 5.11 Å². The molecule has 0 unspecified atom stereocenters. The fourth-order valence-electron chi connectivity index (χ4n) is 1.72. The highest BCUT2D eigenvalue weighted by Gasteiger charge is 2.01. The lowest BCUT2D eigenvalue weighted by Gasteiger charge is -2.05. The molecule has 4 heteroatoms. The van der Waals surface area contributed by atoms with Crippen LogP contribution in [0.2, 0.25) is 0 Å². The molecule has 4 nitrogen and oxygen atoms in total. The summed E-state index contributed by atoms with van der Waals surface area (Å²) < 4.78 is 0. The van der Waals surface area contributed by atoms with Gasteiger partial charge in [0, 0.05) is 16.5 Å². The van der Waals surface area contributed by atoms with Crippen LogP contribution in [0.5, 0.6) is 0 Å². The quantitative estimate of drug-likeness (QED) is 0.506. The Bertz CT molecular complexity index is 535. The lowest BCUT2D eigenvalue weighted by molar-refractivity contribution is 0.185. The molecule has 0 heterocycles. The third-order valence-electron chi connectivity index (χ3n) is 2.62. The highest BCUT2D eigenvalue weighted by molar-refractivity contribution is 5.76. The van der Waals surface area contributed by atoms with E-state index in [2.05, 4.69) is 15.2 Å². The maximum atomic E-state index is 5.94. The number of nitrogens with zero attached hydrogens (tertiary/aromatic N) is 2. The predicted octanol–water partition coefficient (Wildman–Crippen LogP) is 3.45. The predicted molar refractivity (Wildman–Crippen MR) is 71.9 cm³/mol. The van der Waals surface area contributed by atoms with Crippen LogP contribution < -0.4 is 5.73 Å². The van der Waals surface area contributed by atoms with Crippen molar-refractivity contribution in [3.8, 4) is 11.1 Å². The van der Waals surface area contributed by atoms with Gasteiger partial charge in [-0.25, -0.2) is 0 Å². The highest BCUT2D eigenvalue weighted by Crippen LogP contribution is 2.25. The number of nitrogen functional groups attached to an aromatic ring is 1. The SMILES string of the molecule is CON=NCc1ccc(-c2ccccc2N)cc1. The van der Waals surface area contributed by atoms with Crippen molar-refractivity contribution in [2.45, 2.75) is 6.54 Å². The molecule has 2 aromatic rings. The first-order valence-corrected chi connectivity index (χ1v) is 5.65. The summed E-state index contributed by atoms with van der Waals surface area (Å²) in [6.07, 6.45) is 0. The molecule has 0 aliphatic rings. The molecular formula is C14H15N3O. The average Bonchev–Trinajstić information content (AvgIpc) is 2.41. The van der Waals surface area contributed by atoms with Crippen molar-refractivity contribution in [3.05, 3.63) is 54.1 Å². The number of para-hydroxylation sites is 1. The van der Waals surface area contributed by atoms with Gasteiger partial charge < -0.3 is 10.6 Å². The fourth-order valence-corrected chi connectivity index (χ4v) is 1.72. The zero-order chi connectivity index (χ0) is 12.8. The second-order valence-corrected chi connectivity index (χ2v) is 3.85. The Hall–Kier alpha value is -2.36. The first kappa shape index (κ1) is 12.1. The Kier molecular flexibility index (Phi) is 3.91. The zero-order valence-electron chi connectivity index (χ0n) is 10.2. The molecule has 0 atom stereocenters. The number of anilines is 1. The van der Waals surface area contributed by atoms with Crippen molar-refractivity contribution in [1.82, 2.24) is 0 Å². The number of hydrogen-bond donors (Lipinski definition) is 1. The Morgan fingerprint density at radius 1 is 1.06 bits per heavy atom. The summed E-state index contributed by atoms with van der Waals surface area (Å²) in [5.74, 6) is 0. The molecule has 92 valence electrons. The fraction of sp³-hybridized carbons (Fsp3) is 0.143. The number of benzene rings is 2. The van der Waals surface area contributed by atoms with Gasteiger partial charge in [-0.3, -0.25) is 0 Å². The van der Waals surface area contributed by atoms with E-state index in [1.54, 1.807) is 0 Å². The van der Waals surface area contributed by atoms with Crippen LogP contribution >= 0.6 is 0 Å². The van der Waals surface area contributed by atoms with Crippen molar-refractivity contribution in [1.29, 1.82) is 0 Å². The minimum Gasteiger partial charge on any atom is -0.398 e. The molecule has 0 amide bonds. The maximum absolute atomic E-state index is 5.94. The molecule has 0 bridgehead atoms. The van der Waals surface area contributed by atoms with Gasteiger partial charge in [0.2, 0.25) is 0 Å². The Morgan fingerprint density at radius 3 is 2.44 bits per heavy atom. The molecule has 2 N–H and O–H groups in total. The first-order chi connectivity index (χ1) is 8.81. The smallest absolute Gasteiger partial charge is 0.108 e. The largest absolute Gasteiger partial charge is 0.398 e. The minimum atomic E-state index is 0.512. The second kappa shape index (κ2) is 5.82. The van der Waals surface area contributed by atoms with E-state index in [0.717, 1.165) is 22.4 Å². The van der Waals surface area contributed by atoms with Gasteiger partial charge in [-0.1, -0.05) is 42.5 Å². The molecule has 0 aliphatic carbocycles. The molecule has 18 heavy (non-hydrogen) atoms. The molecular weight excluding hydrogens is 226 g/mol. The van der Waals surface area contributed by atoms with Gasteiger partial charge in [-0.2, -0.15) is 0 Å². The van der Waals surface area contributed by atoms with E-state index in [-0.39, 0.29) is 0 Å². The molecule has 0 spiro atoms. The summed E-state index contributed by atoms with van der Waals surface area (Å²) >= 11 is 0. The summed E-state index contributed by atoms with van der Waals surface area (Å²) in [5.41, 5.74) is 9.94. The van der Waals surface area contributed by atoms with Crippen LogP contribution in [0.4, 0.5) is 5.69 Å². The van der Waals surface area contributed by atoms with E-state index in [0.29, 0.717) is 6.54 Å². The molecule has 0 saturated carbocycles. The average molecular weight is 241 g/mol. The molecule has 0 aromatic heterocycles. The number of nitrogens with two attached hydrogens (primary N) is 1. The summed E-state index contributed by atoms with van der Waals surface area (Å²) in [4.78, 5) is 4.51. The van der Waals surface area contributed by atoms with Crippen LogP contribution in [0.25, 0.3) is 11.1 Å². The Morgan fingerprint density at radius 2 is 1.78 bits per heavy atom.